The fourth-order valence-corrected chi connectivity index (χ4v) is 2.39. The van der Waals surface area contributed by atoms with Gasteiger partial charge in [-0.1, -0.05) is 23.8 Å². The van der Waals surface area contributed by atoms with Crippen LogP contribution in [0, 0.1) is 12.3 Å². The average Bonchev–Trinajstić information content (AvgIpc) is 2.58. The van der Waals surface area contributed by atoms with Crippen molar-refractivity contribution in [3.05, 3.63) is 23.0 Å². The predicted molar refractivity (Wildman–Crippen MR) is 71.0 cm³/mol. The fraction of sp³-hybridized carbons (Fsp3) is 0.333. The molecule has 0 aromatic carbocycles. The second-order valence-corrected chi connectivity index (χ2v) is 4.46. The number of terminal acetylenes is 1. The van der Waals surface area contributed by atoms with E-state index in [4.69, 9.17) is 30.2 Å². The molecule has 0 atom stereocenters. The molecule has 2 rings (SSSR count). The van der Waals surface area contributed by atoms with Crippen LogP contribution in [0.2, 0.25) is 5.15 Å². The number of rotatable bonds is 3. The minimum absolute atomic E-state index is 0.555. The summed E-state index contributed by atoms with van der Waals surface area (Å²) in [5.74, 6) is 2.63. The summed E-state index contributed by atoms with van der Waals surface area (Å²) in [6.07, 6.45) is 9.37. The van der Waals surface area contributed by atoms with E-state index in [0.29, 0.717) is 11.6 Å². The molecule has 0 saturated carbocycles. The summed E-state index contributed by atoms with van der Waals surface area (Å²) in [6.45, 7) is 0.858. The summed E-state index contributed by atoms with van der Waals surface area (Å²) in [6, 6.07) is 1.95. The molecule has 1 aliphatic rings. The zero-order chi connectivity index (χ0) is 11.5. The molecule has 4 heteroatoms. The summed E-state index contributed by atoms with van der Waals surface area (Å²) in [4.78, 5) is 7.07. The molecule has 1 aromatic heterocycles. The third-order valence-electron chi connectivity index (χ3n) is 2.60. The topological polar surface area (TPSA) is 16.1 Å². The second-order valence-electron chi connectivity index (χ2n) is 3.63. The Kier molecular flexibility index (Phi) is 3.42. The number of hydrogen-bond donors (Lipinski definition) is 0. The van der Waals surface area contributed by atoms with Gasteiger partial charge in [-0.2, -0.15) is 0 Å². The predicted octanol–water partition coefficient (Wildman–Crippen LogP) is 2.84. The molecule has 1 aliphatic heterocycles. The van der Waals surface area contributed by atoms with E-state index >= 15 is 0 Å². The van der Waals surface area contributed by atoms with Gasteiger partial charge in [0, 0.05) is 36.8 Å². The molecular weight excluding hydrogens is 240 g/mol. The highest BCUT2D eigenvalue weighted by Crippen LogP contribution is 2.33. The van der Waals surface area contributed by atoms with Gasteiger partial charge < -0.3 is 4.90 Å². The molecular formula is C12H11ClN2S. The van der Waals surface area contributed by atoms with Crippen molar-refractivity contribution in [2.45, 2.75) is 19.3 Å². The van der Waals surface area contributed by atoms with Gasteiger partial charge in [0.2, 0.25) is 0 Å². The Balaban J connectivity index is 2.20. The number of thiocarbonyl (C=S) groups is 1. The van der Waals surface area contributed by atoms with Crippen LogP contribution in [0.3, 0.4) is 0 Å². The summed E-state index contributed by atoms with van der Waals surface area (Å²) >= 11 is 11.4. The van der Waals surface area contributed by atoms with Crippen molar-refractivity contribution in [2.75, 3.05) is 11.4 Å². The van der Waals surface area contributed by atoms with Crippen LogP contribution in [-0.4, -0.2) is 16.5 Å². The van der Waals surface area contributed by atoms with Crippen LogP contribution in [0.1, 0.15) is 18.4 Å². The third kappa shape index (κ3) is 2.04. The third-order valence-corrected chi connectivity index (χ3v) is 3.29. The van der Waals surface area contributed by atoms with E-state index in [-0.39, 0.29) is 0 Å². The second kappa shape index (κ2) is 4.82. The lowest BCUT2D eigenvalue weighted by Gasteiger charge is -2.18. The zero-order valence-corrected chi connectivity index (χ0v) is 10.3. The highest BCUT2D eigenvalue weighted by atomic mass is 35.5. The SMILES string of the molecule is C#CCCCN1C(=S)Cc2c1ccnc2Cl. The lowest BCUT2D eigenvalue weighted by Crippen LogP contribution is -2.26. The Hall–Kier alpha value is -1.11. The number of anilines is 1. The number of hydrogen-bond acceptors (Lipinski definition) is 2. The average molecular weight is 251 g/mol. The summed E-state index contributed by atoms with van der Waals surface area (Å²) in [7, 11) is 0. The minimum Gasteiger partial charge on any atom is -0.335 e. The molecule has 1 aromatic rings. The molecule has 0 aliphatic carbocycles. The minimum atomic E-state index is 0.555. The van der Waals surface area contributed by atoms with E-state index in [0.717, 1.165) is 35.6 Å². The molecule has 0 bridgehead atoms. The van der Waals surface area contributed by atoms with Gasteiger partial charge >= 0.3 is 0 Å². The molecule has 0 unspecified atom stereocenters. The molecule has 2 nitrogen and oxygen atoms in total. The first-order valence-corrected chi connectivity index (χ1v) is 5.90. The quantitative estimate of drug-likeness (QED) is 0.355. The van der Waals surface area contributed by atoms with Gasteiger partial charge in [-0.25, -0.2) is 4.98 Å². The standard InChI is InChI=1S/C12H11ClN2S/c1-2-3-4-7-15-10-5-6-14-12(13)9(10)8-11(15)16/h1,5-6H,3-4,7-8H2. The van der Waals surface area contributed by atoms with E-state index in [2.05, 4.69) is 15.8 Å². The maximum Gasteiger partial charge on any atom is 0.134 e. The molecule has 0 radical (unpaired) electrons. The smallest absolute Gasteiger partial charge is 0.134 e. The molecule has 0 fully saturated rings. The number of fused-ring (bicyclic) bond motifs is 1. The monoisotopic (exact) mass is 250 g/mol. The summed E-state index contributed by atoms with van der Waals surface area (Å²) in [5.41, 5.74) is 2.12. The van der Waals surface area contributed by atoms with Crippen LogP contribution in [0.5, 0.6) is 0 Å². The number of nitrogens with zero attached hydrogens (tertiary/aromatic N) is 2. The van der Waals surface area contributed by atoms with Crippen molar-refractivity contribution in [1.82, 2.24) is 4.98 Å². The molecule has 0 amide bonds. The van der Waals surface area contributed by atoms with Gasteiger partial charge in [-0.15, -0.1) is 12.3 Å². The number of pyridine rings is 1. The summed E-state index contributed by atoms with van der Waals surface area (Å²) in [5, 5.41) is 0.555. The zero-order valence-electron chi connectivity index (χ0n) is 8.74. The van der Waals surface area contributed by atoms with E-state index in [9.17, 15) is 0 Å². The van der Waals surface area contributed by atoms with Crippen LogP contribution < -0.4 is 4.90 Å². The van der Waals surface area contributed by atoms with Crippen LogP contribution in [0.25, 0.3) is 0 Å². The van der Waals surface area contributed by atoms with Crippen LogP contribution in [-0.2, 0) is 6.42 Å². The Morgan fingerprint density at radius 1 is 1.62 bits per heavy atom. The van der Waals surface area contributed by atoms with Crippen molar-refractivity contribution < 1.29 is 0 Å². The molecule has 2 heterocycles. The van der Waals surface area contributed by atoms with E-state index < -0.39 is 0 Å². The normalized spacial score (nSPS) is 13.8. The number of unbranched alkanes of at least 4 members (excludes halogenated alkanes) is 1. The van der Waals surface area contributed by atoms with Gasteiger partial charge in [-0.05, 0) is 12.5 Å². The van der Waals surface area contributed by atoms with Crippen LogP contribution >= 0.6 is 23.8 Å². The number of aromatic nitrogens is 1. The van der Waals surface area contributed by atoms with Crippen molar-refractivity contribution in [3.63, 3.8) is 0 Å². The maximum atomic E-state index is 6.03. The fourth-order valence-electron chi connectivity index (χ4n) is 1.84. The Bertz CT molecular complexity index is 465. The summed E-state index contributed by atoms with van der Waals surface area (Å²) < 4.78 is 0. The lowest BCUT2D eigenvalue weighted by molar-refractivity contribution is 0.858. The van der Waals surface area contributed by atoms with Crippen molar-refractivity contribution in [2.24, 2.45) is 0 Å². The molecule has 0 spiro atoms. The van der Waals surface area contributed by atoms with Gasteiger partial charge in [0.05, 0.1) is 4.99 Å². The Labute approximate surface area is 106 Å². The molecule has 0 N–H and O–H groups in total. The van der Waals surface area contributed by atoms with Crippen molar-refractivity contribution in [3.8, 4) is 12.3 Å². The lowest BCUT2D eigenvalue weighted by atomic mass is 10.2. The largest absolute Gasteiger partial charge is 0.335 e. The van der Waals surface area contributed by atoms with Gasteiger partial charge in [0.25, 0.3) is 0 Å². The number of halogens is 1. The van der Waals surface area contributed by atoms with Gasteiger partial charge in [0.15, 0.2) is 0 Å². The van der Waals surface area contributed by atoms with E-state index in [1.165, 1.54) is 0 Å². The maximum absolute atomic E-state index is 6.03. The highest BCUT2D eigenvalue weighted by molar-refractivity contribution is 7.80. The Morgan fingerprint density at radius 3 is 3.19 bits per heavy atom. The first kappa shape index (κ1) is 11.4. The first-order chi connectivity index (χ1) is 7.74. The van der Waals surface area contributed by atoms with Gasteiger partial charge in [0.1, 0.15) is 5.15 Å². The van der Waals surface area contributed by atoms with E-state index in [1.54, 1.807) is 6.20 Å². The molecule has 82 valence electrons. The highest BCUT2D eigenvalue weighted by Gasteiger charge is 2.25. The van der Waals surface area contributed by atoms with Crippen molar-refractivity contribution in [1.29, 1.82) is 0 Å². The van der Waals surface area contributed by atoms with Crippen LogP contribution in [0.4, 0.5) is 5.69 Å². The first-order valence-electron chi connectivity index (χ1n) is 5.11. The Morgan fingerprint density at radius 2 is 2.44 bits per heavy atom. The molecule has 16 heavy (non-hydrogen) atoms. The van der Waals surface area contributed by atoms with Crippen molar-refractivity contribution >= 4 is 34.5 Å². The van der Waals surface area contributed by atoms with Gasteiger partial charge in [-0.3, -0.25) is 0 Å². The van der Waals surface area contributed by atoms with E-state index in [1.807, 2.05) is 6.07 Å². The van der Waals surface area contributed by atoms with Crippen LogP contribution in [0.15, 0.2) is 12.3 Å². The molecule has 0 saturated heterocycles.